The molecule has 0 atom stereocenters. The maximum absolute atomic E-state index is 11.4. The van der Waals surface area contributed by atoms with Crippen molar-refractivity contribution in [3.05, 3.63) is 40.6 Å². The largest absolute Gasteiger partial charge is 0.326 e. The van der Waals surface area contributed by atoms with Gasteiger partial charge in [-0.05, 0) is 17.7 Å². The van der Waals surface area contributed by atoms with E-state index in [1.165, 1.54) is 17.1 Å². The van der Waals surface area contributed by atoms with Gasteiger partial charge in [-0.2, -0.15) is 5.10 Å². The highest BCUT2D eigenvalue weighted by Gasteiger charge is 2.11. The summed E-state index contributed by atoms with van der Waals surface area (Å²) in [5, 5.41) is 4.03. The van der Waals surface area contributed by atoms with Crippen LogP contribution in [0.2, 0.25) is 0 Å². The summed E-state index contributed by atoms with van der Waals surface area (Å²) >= 11 is 3.41. The molecule has 0 amide bonds. The lowest BCUT2D eigenvalue weighted by atomic mass is 10.2. The Morgan fingerprint density at radius 1 is 1.44 bits per heavy atom. The standard InChI is InChI=1S/C11H12BrN3O2S/c1-18(16,17)10-6-14-15(7-10)9-3-2-8(5-13)11(12)4-9/h2-4,6-7H,5,13H2,1H3. The molecule has 5 nitrogen and oxygen atoms in total. The maximum Gasteiger partial charge on any atom is 0.178 e. The van der Waals surface area contributed by atoms with Crippen LogP contribution in [0.4, 0.5) is 0 Å². The number of rotatable bonds is 3. The van der Waals surface area contributed by atoms with Crippen molar-refractivity contribution in [3.63, 3.8) is 0 Å². The zero-order chi connectivity index (χ0) is 13.3. The number of sulfone groups is 1. The number of nitrogens with two attached hydrogens (primary N) is 1. The van der Waals surface area contributed by atoms with E-state index in [1.54, 1.807) is 0 Å². The molecule has 2 N–H and O–H groups in total. The van der Waals surface area contributed by atoms with Gasteiger partial charge in [0.25, 0.3) is 0 Å². The van der Waals surface area contributed by atoms with Gasteiger partial charge < -0.3 is 5.73 Å². The van der Waals surface area contributed by atoms with Crippen LogP contribution in [0.15, 0.2) is 40.0 Å². The highest BCUT2D eigenvalue weighted by Crippen LogP contribution is 2.21. The number of hydrogen-bond donors (Lipinski definition) is 1. The molecular weight excluding hydrogens is 318 g/mol. The monoisotopic (exact) mass is 329 g/mol. The van der Waals surface area contributed by atoms with Gasteiger partial charge in [0.15, 0.2) is 9.84 Å². The van der Waals surface area contributed by atoms with Crippen LogP contribution in [0.3, 0.4) is 0 Å². The number of benzene rings is 1. The van der Waals surface area contributed by atoms with Crippen molar-refractivity contribution in [1.29, 1.82) is 0 Å². The number of nitrogens with zero attached hydrogens (tertiary/aromatic N) is 2. The first-order valence-corrected chi connectivity index (χ1v) is 7.84. The highest BCUT2D eigenvalue weighted by molar-refractivity contribution is 9.10. The van der Waals surface area contributed by atoms with Crippen LogP contribution < -0.4 is 5.73 Å². The molecule has 1 heterocycles. The molecule has 96 valence electrons. The number of aromatic nitrogens is 2. The normalized spacial score (nSPS) is 11.7. The van der Waals surface area contributed by atoms with Crippen molar-refractivity contribution in [2.75, 3.05) is 6.26 Å². The summed E-state index contributed by atoms with van der Waals surface area (Å²) in [5.74, 6) is 0. The van der Waals surface area contributed by atoms with Crippen LogP contribution in [-0.4, -0.2) is 24.5 Å². The minimum atomic E-state index is -3.23. The Balaban J connectivity index is 2.44. The molecule has 7 heteroatoms. The minimum Gasteiger partial charge on any atom is -0.326 e. The fourth-order valence-electron chi connectivity index (χ4n) is 1.48. The summed E-state index contributed by atoms with van der Waals surface area (Å²) in [4.78, 5) is 0.196. The van der Waals surface area contributed by atoms with Gasteiger partial charge in [-0.1, -0.05) is 22.0 Å². The lowest BCUT2D eigenvalue weighted by Gasteiger charge is -2.05. The van der Waals surface area contributed by atoms with Crippen LogP contribution in [0.1, 0.15) is 5.56 Å². The molecule has 1 aromatic heterocycles. The summed E-state index contributed by atoms with van der Waals surface area (Å²) in [6.07, 6.45) is 3.97. The van der Waals surface area contributed by atoms with Crippen molar-refractivity contribution in [1.82, 2.24) is 9.78 Å². The van der Waals surface area contributed by atoms with Crippen LogP contribution in [-0.2, 0) is 16.4 Å². The first-order valence-electron chi connectivity index (χ1n) is 5.15. The maximum atomic E-state index is 11.4. The van der Waals surface area contributed by atoms with Gasteiger partial charge in [-0.25, -0.2) is 13.1 Å². The van der Waals surface area contributed by atoms with E-state index in [0.29, 0.717) is 6.54 Å². The molecule has 0 aliphatic carbocycles. The summed E-state index contributed by atoms with van der Waals surface area (Å²) in [7, 11) is -3.23. The molecule has 0 fully saturated rings. The van der Waals surface area contributed by atoms with Crippen molar-refractivity contribution in [2.24, 2.45) is 5.73 Å². The Bertz CT molecular complexity index is 679. The van der Waals surface area contributed by atoms with E-state index in [9.17, 15) is 8.42 Å². The molecule has 0 saturated heterocycles. The van der Waals surface area contributed by atoms with Gasteiger partial charge in [0.05, 0.1) is 11.9 Å². The molecule has 1 aromatic carbocycles. The molecule has 0 saturated carbocycles. The van der Waals surface area contributed by atoms with Gasteiger partial charge in [0.1, 0.15) is 4.90 Å². The van der Waals surface area contributed by atoms with Crippen molar-refractivity contribution in [2.45, 2.75) is 11.4 Å². The van der Waals surface area contributed by atoms with E-state index in [2.05, 4.69) is 21.0 Å². The molecule has 2 rings (SSSR count). The van der Waals surface area contributed by atoms with Crippen molar-refractivity contribution >= 4 is 25.8 Å². The van der Waals surface area contributed by atoms with E-state index in [1.807, 2.05) is 18.2 Å². The Kier molecular flexibility index (Phi) is 3.56. The van der Waals surface area contributed by atoms with E-state index in [0.717, 1.165) is 22.0 Å². The van der Waals surface area contributed by atoms with Gasteiger partial charge in [-0.15, -0.1) is 0 Å². The van der Waals surface area contributed by atoms with E-state index >= 15 is 0 Å². The Hall–Kier alpha value is -1.18. The fraction of sp³-hybridized carbons (Fsp3) is 0.182. The second kappa shape index (κ2) is 4.83. The molecule has 0 spiro atoms. The molecule has 0 aliphatic heterocycles. The summed E-state index contributed by atoms with van der Waals surface area (Å²) in [5.41, 5.74) is 7.32. The Morgan fingerprint density at radius 3 is 2.67 bits per heavy atom. The molecule has 0 radical (unpaired) electrons. The van der Waals surface area contributed by atoms with Crippen LogP contribution in [0.5, 0.6) is 0 Å². The predicted octanol–water partition coefficient (Wildman–Crippen LogP) is 1.50. The lowest BCUT2D eigenvalue weighted by molar-refractivity contribution is 0.602. The van der Waals surface area contributed by atoms with E-state index in [4.69, 9.17) is 5.73 Å². The average molecular weight is 330 g/mol. The highest BCUT2D eigenvalue weighted by atomic mass is 79.9. The molecule has 0 unspecified atom stereocenters. The quantitative estimate of drug-likeness (QED) is 0.925. The molecule has 0 bridgehead atoms. The molecule has 2 aromatic rings. The van der Waals surface area contributed by atoms with Crippen LogP contribution >= 0.6 is 15.9 Å². The fourth-order valence-corrected chi connectivity index (χ4v) is 2.54. The lowest BCUT2D eigenvalue weighted by Crippen LogP contribution is -2.00. The molecule has 0 aliphatic rings. The molecular formula is C11H12BrN3O2S. The van der Waals surface area contributed by atoms with Crippen molar-refractivity contribution < 1.29 is 8.42 Å². The smallest absolute Gasteiger partial charge is 0.178 e. The Labute approximate surface area is 114 Å². The zero-order valence-electron chi connectivity index (χ0n) is 9.67. The first-order chi connectivity index (χ1) is 8.41. The molecule has 18 heavy (non-hydrogen) atoms. The second-order valence-electron chi connectivity index (χ2n) is 3.87. The minimum absolute atomic E-state index is 0.196. The average Bonchev–Trinajstić information content (AvgIpc) is 2.77. The topological polar surface area (TPSA) is 78.0 Å². The van der Waals surface area contributed by atoms with Crippen LogP contribution in [0.25, 0.3) is 5.69 Å². The first kappa shape index (κ1) is 13.3. The second-order valence-corrected chi connectivity index (χ2v) is 6.74. The predicted molar refractivity (Wildman–Crippen MR) is 72.3 cm³/mol. The van der Waals surface area contributed by atoms with E-state index in [-0.39, 0.29) is 4.90 Å². The van der Waals surface area contributed by atoms with Gasteiger partial charge in [-0.3, -0.25) is 0 Å². The number of hydrogen-bond acceptors (Lipinski definition) is 4. The van der Waals surface area contributed by atoms with Gasteiger partial charge in [0, 0.05) is 23.5 Å². The van der Waals surface area contributed by atoms with E-state index < -0.39 is 9.84 Å². The summed E-state index contributed by atoms with van der Waals surface area (Å²) < 4.78 is 25.1. The third-order valence-electron chi connectivity index (χ3n) is 2.51. The van der Waals surface area contributed by atoms with Crippen molar-refractivity contribution in [3.8, 4) is 5.69 Å². The van der Waals surface area contributed by atoms with Crippen LogP contribution in [0, 0.1) is 0 Å². The third-order valence-corrected chi connectivity index (χ3v) is 4.31. The SMILES string of the molecule is CS(=O)(=O)c1cnn(-c2ccc(CN)c(Br)c2)c1. The summed E-state index contributed by atoms with van der Waals surface area (Å²) in [6, 6.07) is 5.56. The van der Waals surface area contributed by atoms with Gasteiger partial charge in [0.2, 0.25) is 0 Å². The Morgan fingerprint density at radius 2 is 2.17 bits per heavy atom. The summed E-state index contributed by atoms with van der Waals surface area (Å²) in [6.45, 7) is 0.439. The third kappa shape index (κ3) is 2.63. The zero-order valence-corrected chi connectivity index (χ0v) is 12.1. The number of halogens is 1. The van der Waals surface area contributed by atoms with Gasteiger partial charge >= 0.3 is 0 Å².